The Hall–Kier alpha value is -1.46. The molecule has 0 aliphatic carbocycles. The van der Waals surface area contributed by atoms with E-state index in [1.807, 2.05) is 24.3 Å². The molecule has 21 heavy (non-hydrogen) atoms. The normalized spacial score (nSPS) is 10.7. The third kappa shape index (κ3) is 5.81. The van der Waals surface area contributed by atoms with Crippen molar-refractivity contribution < 1.29 is 9.53 Å². The van der Waals surface area contributed by atoms with E-state index in [0.717, 1.165) is 0 Å². The predicted molar refractivity (Wildman–Crippen MR) is 89.7 cm³/mol. The zero-order valence-electron chi connectivity index (χ0n) is 13.0. The van der Waals surface area contributed by atoms with Crippen molar-refractivity contribution >= 4 is 23.1 Å². The Morgan fingerprint density at radius 3 is 2.38 bits per heavy atom. The van der Waals surface area contributed by atoms with Gasteiger partial charge in [-0.15, -0.1) is 0 Å². The van der Waals surface area contributed by atoms with Crippen molar-refractivity contribution in [1.82, 2.24) is 4.90 Å². The van der Waals surface area contributed by atoms with Gasteiger partial charge in [-0.3, -0.25) is 4.79 Å². The number of amides is 1. The Labute approximate surface area is 132 Å². The molecule has 0 aromatic heterocycles. The molecule has 0 bridgehead atoms. The van der Waals surface area contributed by atoms with Crippen LogP contribution in [0.25, 0.3) is 0 Å². The minimum Gasteiger partial charge on any atom is -0.393 e. The maximum absolute atomic E-state index is 12.5. The van der Waals surface area contributed by atoms with Gasteiger partial charge in [0, 0.05) is 32.2 Å². The van der Waals surface area contributed by atoms with Crippen molar-refractivity contribution in [1.29, 1.82) is 0 Å². The molecular weight excluding hydrogens is 284 g/mol. The van der Waals surface area contributed by atoms with Crippen LogP contribution in [-0.4, -0.2) is 42.6 Å². The summed E-state index contributed by atoms with van der Waals surface area (Å²) in [7, 11) is 1.62. The van der Waals surface area contributed by atoms with Gasteiger partial charge in [-0.25, -0.2) is 0 Å². The van der Waals surface area contributed by atoms with Crippen LogP contribution in [0.1, 0.15) is 42.1 Å². The first-order chi connectivity index (χ1) is 9.95. The van der Waals surface area contributed by atoms with Crippen molar-refractivity contribution in [2.75, 3.05) is 26.8 Å². The standard InChI is InChI=1S/C16H24N2O2S/c1-12(2)13-4-6-14(7-5-13)16(19)18(10-11-20-3)9-8-15(17)21/h4-7,12H,8-11H2,1-3H3,(H2,17,21). The molecule has 2 N–H and O–H groups in total. The third-order valence-corrected chi connectivity index (χ3v) is 3.51. The van der Waals surface area contributed by atoms with E-state index in [-0.39, 0.29) is 5.91 Å². The van der Waals surface area contributed by atoms with Crippen LogP contribution < -0.4 is 5.73 Å². The first kappa shape index (κ1) is 17.6. The Morgan fingerprint density at radius 1 is 1.29 bits per heavy atom. The molecule has 1 rings (SSSR count). The van der Waals surface area contributed by atoms with Crippen LogP contribution in [0.5, 0.6) is 0 Å². The summed E-state index contributed by atoms with van der Waals surface area (Å²) in [5.74, 6) is 0.437. The molecule has 0 aliphatic rings. The Kier molecular flexibility index (Phi) is 7.32. The second kappa shape index (κ2) is 8.74. The smallest absolute Gasteiger partial charge is 0.253 e. The number of carbonyl (C=O) groups is 1. The number of nitrogens with two attached hydrogens (primary N) is 1. The lowest BCUT2D eigenvalue weighted by atomic mass is 10.0. The average Bonchev–Trinajstić information content (AvgIpc) is 2.46. The molecule has 1 amide bonds. The fourth-order valence-corrected chi connectivity index (χ4v) is 2.05. The summed E-state index contributed by atoms with van der Waals surface area (Å²) in [6.07, 6.45) is 0.523. The fraction of sp³-hybridized carbons (Fsp3) is 0.500. The van der Waals surface area contributed by atoms with Gasteiger partial charge in [0.05, 0.1) is 11.6 Å². The van der Waals surface area contributed by atoms with Crippen LogP contribution in [0.2, 0.25) is 0 Å². The van der Waals surface area contributed by atoms with Gasteiger partial charge in [0.2, 0.25) is 0 Å². The highest BCUT2D eigenvalue weighted by atomic mass is 32.1. The van der Waals surface area contributed by atoms with Gasteiger partial charge < -0.3 is 15.4 Å². The quantitative estimate of drug-likeness (QED) is 0.750. The number of rotatable bonds is 8. The second-order valence-corrected chi connectivity index (χ2v) is 5.80. The summed E-state index contributed by atoms with van der Waals surface area (Å²) in [4.78, 5) is 14.7. The predicted octanol–water partition coefficient (Wildman–Crippen LogP) is 2.57. The van der Waals surface area contributed by atoms with Crippen LogP contribution in [0, 0.1) is 0 Å². The van der Waals surface area contributed by atoms with E-state index in [1.165, 1.54) is 5.56 Å². The van der Waals surface area contributed by atoms with Crippen LogP contribution >= 0.6 is 12.2 Å². The first-order valence-corrected chi connectivity index (χ1v) is 7.53. The highest BCUT2D eigenvalue weighted by Crippen LogP contribution is 2.15. The van der Waals surface area contributed by atoms with E-state index >= 15 is 0 Å². The molecule has 116 valence electrons. The number of carbonyl (C=O) groups excluding carboxylic acids is 1. The molecule has 0 fully saturated rings. The molecule has 0 saturated carbocycles. The summed E-state index contributed by atoms with van der Waals surface area (Å²) < 4.78 is 5.06. The van der Waals surface area contributed by atoms with Gasteiger partial charge >= 0.3 is 0 Å². The van der Waals surface area contributed by atoms with E-state index in [4.69, 9.17) is 22.7 Å². The van der Waals surface area contributed by atoms with Crippen molar-refractivity contribution in [3.8, 4) is 0 Å². The maximum Gasteiger partial charge on any atom is 0.253 e. The highest BCUT2D eigenvalue weighted by Gasteiger charge is 2.15. The van der Waals surface area contributed by atoms with Crippen LogP contribution in [0.15, 0.2) is 24.3 Å². The number of hydrogen-bond donors (Lipinski definition) is 1. The van der Waals surface area contributed by atoms with Gasteiger partial charge in [0.15, 0.2) is 0 Å². The topological polar surface area (TPSA) is 55.6 Å². The van der Waals surface area contributed by atoms with Crippen molar-refractivity contribution in [2.45, 2.75) is 26.2 Å². The second-order valence-electron chi connectivity index (χ2n) is 5.28. The van der Waals surface area contributed by atoms with E-state index in [0.29, 0.717) is 42.6 Å². The molecular formula is C16H24N2O2S. The van der Waals surface area contributed by atoms with Gasteiger partial charge in [-0.2, -0.15) is 0 Å². The van der Waals surface area contributed by atoms with Gasteiger partial charge in [0.1, 0.15) is 0 Å². The molecule has 0 heterocycles. The SMILES string of the molecule is COCCN(CCC(N)=S)C(=O)c1ccc(C(C)C)cc1. The number of methoxy groups -OCH3 is 1. The number of thiocarbonyl (C=S) groups is 1. The molecule has 0 radical (unpaired) electrons. The number of ether oxygens (including phenoxy) is 1. The van der Waals surface area contributed by atoms with Gasteiger partial charge in [-0.1, -0.05) is 38.2 Å². The van der Waals surface area contributed by atoms with Gasteiger partial charge in [0.25, 0.3) is 5.91 Å². The Bertz CT molecular complexity index is 472. The molecule has 0 aliphatic heterocycles. The van der Waals surface area contributed by atoms with E-state index in [1.54, 1.807) is 12.0 Å². The summed E-state index contributed by atoms with van der Waals surface area (Å²) in [6.45, 7) is 5.80. The molecule has 4 nitrogen and oxygen atoms in total. The van der Waals surface area contributed by atoms with Crippen LogP contribution in [0.3, 0.4) is 0 Å². The molecule has 0 atom stereocenters. The number of hydrogen-bond acceptors (Lipinski definition) is 3. The zero-order chi connectivity index (χ0) is 15.8. The first-order valence-electron chi connectivity index (χ1n) is 7.12. The average molecular weight is 308 g/mol. The Balaban J connectivity index is 2.79. The molecule has 5 heteroatoms. The molecule has 0 unspecified atom stereocenters. The van der Waals surface area contributed by atoms with E-state index in [2.05, 4.69) is 13.8 Å². The van der Waals surface area contributed by atoms with Crippen molar-refractivity contribution in [3.63, 3.8) is 0 Å². The van der Waals surface area contributed by atoms with Crippen LogP contribution in [0.4, 0.5) is 0 Å². The fourth-order valence-electron chi connectivity index (χ4n) is 1.95. The lowest BCUT2D eigenvalue weighted by molar-refractivity contribution is 0.0701. The number of nitrogens with zero attached hydrogens (tertiary/aromatic N) is 1. The van der Waals surface area contributed by atoms with Gasteiger partial charge in [-0.05, 0) is 23.6 Å². The van der Waals surface area contributed by atoms with E-state index < -0.39 is 0 Å². The summed E-state index contributed by atoms with van der Waals surface area (Å²) in [6, 6.07) is 7.75. The summed E-state index contributed by atoms with van der Waals surface area (Å²) in [5.41, 5.74) is 7.42. The monoisotopic (exact) mass is 308 g/mol. The van der Waals surface area contributed by atoms with E-state index in [9.17, 15) is 4.79 Å². The third-order valence-electron chi connectivity index (χ3n) is 3.30. The van der Waals surface area contributed by atoms with Crippen molar-refractivity contribution in [2.24, 2.45) is 5.73 Å². The molecule has 1 aromatic carbocycles. The minimum absolute atomic E-state index is 0.0152. The minimum atomic E-state index is -0.0152. The lowest BCUT2D eigenvalue weighted by Crippen LogP contribution is -2.36. The lowest BCUT2D eigenvalue weighted by Gasteiger charge is -2.22. The van der Waals surface area contributed by atoms with Crippen molar-refractivity contribution in [3.05, 3.63) is 35.4 Å². The summed E-state index contributed by atoms with van der Waals surface area (Å²) in [5, 5.41) is 0. The zero-order valence-corrected chi connectivity index (χ0v) is 13.8. The molecule has 1 aromatic rings. The highest BCUT2D eigenvalue weighted by molar-refractivity contribution is 7.80. The Morgan fingerprint density at radius 2 is 1.90 bits per heavy atom. The molecule has 0 spiro atoms. The van der Waals surface area contributed by atoms with Crippen LogP contribution in [-0.2, 0) is 4.74 Å². The largest absolute Gasteiger partial charge is 0.393 e. The molecule has 0 saturated heterocycles. The maximum atomic E-state index is 12.5. The summed E-state index contributed by atoms with van der Waals surface area (Å²) >= 11 is 4.88. The number of benzene rings is 1.